The van der Waals surface area contributed by atoms with Crippen molar-refractivity contribution in [3.8, 4) is 0 Å². The van der Waals surface area contributed by atoms with Crippen molar-refractivity contribution in [3.63, 3.8) is 0 Å². The van der Waals surface area contributed by atoms with Gasteiger partial charge in [-0.05, 0) is 25.0 Å². The van der Waals surface area contributed by atoms with Gasteiger partial charge in [-0.25, -0.2) is 0 Å². The summed E-state index contributed by atoms with van der Waals surface area (Å²) in [5.74, 6) is -2.50. The van der Waals surface area contributed by atoms with Gasteiger partial charge in [-0.15, -0.1) is 0 Å². The second-order valence-electron chi connectivity index (χ2n) is 4.77. The maximum absolute atomic E-state index is 12.5. The van der Waals surface area contributed by atoms with E-state index in [-0.39, 0.29) is 12.3 Å². The minimum atomic E-state index is -4.57. The monoisotopic (exact) mass is 297 g/mol. The molecule has 0 unspecified atom stereocenters. The van der Waals surface area contributed by atoms with Gasteiger partial charge < -0.3 is 4.42 Å². The van der Waals surface area contributed by atoms with Gasteiger partial charge in [0, 0.05) is 5.57 Å². The van der Waals surface area contributed by atoms with Crippen molar-refractivity contribution in [1.29, 1.82) is 0 Å². The molecule has 1 aliphatic carbocycles. The third-order valence-electron chi connectivity index (χ3n) is 3.36. The fraction of sp³-hybridized carbons (Fsp3) is 0.286. The van der Waals surface area contributed by atoms with Crippen molar-refractivity contribution in [1.82, 2.24) is 4.90 Å². The maximum atomic E-state index is 12.5. The van der Waals surface area contributed by atoms with Gasteiger partial charge in [-0.3, -0.25) is 14.5 Å². The summed E-state index contributed by atoms with van der Waals surface area (Å²) in [5.41, 5.74) is 0.787. The van der Waals surface area contributed by atoms with Gasteiger partial charge in [0.25, 0.3) is 11.7 Å². The van der Waals surface area contributed by atoms with E-state index in [9.17, 15) is 22.8 Å². The van der Waals surface area contributed by atoms with Gasteiger partial charge >= 0.3 is 6.18 Å². The van der Waals surface area contributed by atoms with Crippen molar-refractivity contribution >= 4 is 11.7 Å². The number of amides is 1. The molecular formula is C14H10F3NO3. The number of Topliss-reactive ketones (excluding diaryl/α,β-unsaturated/α-hetero) is 1. The normalized spacial score (nSPS) is 18.7. The smallest absolute Gasteiger partial charge is 0.449 e. The van der Waals surface area contributed by atoms with E-state index in [0.717, 1.165) is 17.0 Å². The second kappa shape index (κ2) is 4.61. The van der Waals surface area contributed by atoms with Crippen LogP contribution in [0, 0.1) is 0 Å². The first-order valence-corrected chi connectivity index (χ1v) is 6.30. The molecule has 110 valence electrons. The number of halogens is 3. The lowest BCUT2D eigenvalue weighted by Crippen LogP contribution is -2.25. The first kappa shape index (κ1) is 13.7. The standard InChI is InChI=1S/C14H10F3NO3/c15-14(16,17)11-6-5-8(21-11)7-18-10-4-2-1-3-9(10)12(19)13(18)20/h3-6H,1-2,7H2. The van der Waals surface area contributed by atoms with Gasteiger partial charge in [0.15, 0.2) is 0 Å². The van der Waals surface area contributed by atoms with E-state index in [2.05, 4.69) is 0 Å². The molecule has 4 nitrogen and oxygen atoms in total. The molecule has 0 saturated carbocycles. The first-order valence-electron chi connectivity index (χ1n) is 6.30. The molecular weight excluding hydrogens is 287 g/mol. The van der Waals surface area contributed by atoms with Crippen LogP contribution < -0.4 is 0 Å². The molecule has 0 bridgehead atoms. The van der Waals surface area contributed by atoms with E-state index >= 15 is 0 Å². The van der Waals surface area contributed by atoms with Crippen molar-refractivity contribution in [3.05, 3.63) is 47.1 Å². The second-order valence-corrected chi connectivity index (χ2v) is 4.77. The molecule has 3 rings (SSSR count). The van der Waals surface area contributed by atoms with Crippen molar-refractivity contribution < 1.29 is 27.2 Å². The third-order valence-corrected chi connectivity index (χ3v) is 3.36. The maximum Gasteiger partial charge on any atom is 0.449 e. The van der Waals surface area contributed by atoms with E-state index < -0.39 is 23.6 Å². The van der Waals surface area contributed by atoms with E-state index in [4.69, 9.17) is 4.42 Å². The molecule has 1 fully saturated rings. The SMILES string of the molecule is O=C1C(=O)N(Cc2ccc(C(F)(F)F)o2)C2=CCCC=C12. The molecule has 1 aromatic rings. The summed E-state index contributed by atoms with van der Waals surface area (Å²) < 4.78 is 42.1. The van der Waals surface area contributed by atoms with Crippen LogP contribution in [-0.4, -0.2) is 16.6 Å². The quantitative estimate of drug-likeness (QED) is 0.789. The molecule has 2 aliphatic rings. The Morgan fingerprint density at radius 1 is 1.14 bits per heavy atom. The number of likely N-dealkylation sites (tertiary alicyclic amines) is 1. The van der Waals surface area contributed by atoms with Crippen LogP contribution in [0.5, 0.6) is 0 Å². The average molecular weight is 297 g/mol. The molecule has 0 N–H and O–H groups in total. The van der Waals surface area contributed by atoms with Crippen LogP contribution >= 0.6 is 0 Å². The van der Waals surface area contributed by atoms with Crippen molar-refractivity contribution in [2.45, 2.75) is 25.6 Å². The Hall–Kier alpha value is -2.31. The van der Waals surface area contributed by atoms with Crippen LogP contribution in [0.15, 0.2) is 40.0 Å². The number of ketones is 1. The highest BCUT2D eigenvalue weighted by atomic mass is 19.4. The van der Waals surface area contributed by atoms with Crippen molar-refractivity contribution in [2.75, 3.05) is 0 Å². The molecule has 0 aromatic carbocycles. The van der Waals surface area contributed by atoms with Gasteiger partial charge in [0.05, 0.1) is 12.2 Å². The van der Waals surface area contributed by atoms with E-state index in [1.54, 1.807) is 12.2 Å². The van der Waals surface area contributed by atoms with Crippen LogP contribution in [0.2, 0.25) is 0 Å². The highest BCUT2D eigenvalue weighted by molar-refractivity contribution is 6.47. The van der Waals surface area contributed by atoms with E-state index in [1.165, 1.54) is 0 Å². The summed E-state index contributed by atoms with van der Waals surface area (Å²) >= 11 is 0. The van der Waals surface area contributed by atoms with E-state index in [0.29, 0.717) is 24.1 Å². The van der Waals surface area contributed by atoms with Gasteiger partial charge in [-0.1, -0.05) is 12.2 Å². The number of nitrogens with zero attached hydrogens (tertiary/aromatic N) is 1. The van der Waals surface area contributed by atoms with Gasteiger partial charge in [0.1, 0.15) is 5.76 Å². The van der Waals surface area contributed by atoms with Gasteiger partial charge in [0.2, 0.25) is 5.76 Å². The Labute approximate surface area is 117 Å². The van der Waals surface area contributed by atoms with Gasteiger partial charge in [-0.2, -0.15) is 13.2 Å². The number of rotatable bonds is 2. The predicted molar refractivity (Wildman–Crippen MR) is 64.7 cm³/mol. The molecule has 7 heteroatoms. The summed E-state index contributed by atoms with van der Waals surface area (Å²) in [6, 6.07) is 1.97. The number of hydrogen-bond donors (Lipinski definition) is 0. The minimum absolute atomic E-state index is 0.0174. The third kappa shape index (κ3) is 2.28. The summed E-state index contributed by atoms with van der Waals surface area (Å²) in [5, 5.41) is 0. The van der Waals surface area contributed by atoms with Crippen LogP contribution in [-0.2, 0) is 22.3 Å². The number of carbonyl (C=O) groups excluding carboxylic acids is 2. The highest BCUT2D eigenvalue weighted by Crippen LogP contribution is 2.34. The summed E-state index contributed by atoms with van der Waals surface area (Å²) in [6.07, 6.45) is 0.204. The molecule has 1 amide bonds. The van der Waals surface area contributed by atoms with Crippen LogP contribution in [0.1, 0.15) is 24.4 Å². The number of fused-ring (bicyclic) bond motifs is 1. The topological polar surface area (TPSA) is 50.5 Å². The largest absolute Gasteiger partial charge is 0.455 e. The summed E-state index contributed by atoms with van der Waals surface area (Å²) in [6.45, 7) is -0.191. The Morgan fingerprint density at radius 2 is 1.86 bits per heavy atom. The molecule has 2 heterocycles. The van der Waals surface area contributed by atoms with E-state index in [1.807, 2.05) is 0 Å². The Balaban J connectivity index is 1.86. The molecule has 1 saturated heterocycles. The molecule has 0 spiro atoms. The Kier molecular flexibility index (Phi) is 3.00. The highest BCUT2D eigenvalue weighted by Gasteiger charge is 2.40. The molecule has 21 heavy (non-hydrogen) atoms. The lowest BCUT2D eigenvalue weighted by Gasteiger charge is -2.17. The predicted octanol–water partition coefficient (Wildman–Crippen LogP) is 2.81. The zero-order chi connectivity index (χ0) is 15.2. The van der Waals surface area contributed by atoms with Crippen LogP contribution in [0.25, 0.3) is 0 Å². The molecule has 0 radical (unpaired) electrons. The molecule has 1 aromatic heterocycles. The number of carbonyl (C=O) groups is 2. The fourth-order valence-electron chi connectivity index (χ4n) is 2.40. The minimum Gasteiger partial charge on any atom is -0.455 e. The average Bonchev–Trinajstić information content (AvgIpc) is 2.99. The van der Waals surface area contributed by atoms with Crippen LogP contribution in [0.3, 0.4) is 0 Å². The first-order chi connectivity index (χ1) is 9.88. The van der Waals surface area contributed by atoms with Crippen molar-refractivity contribution in [2.24, 2.45) is 0 Å². The summed E-state index contributed by atoms with van der Waals surface area (Å²) in [4.78, 5) is 24.9. The number of furan rings is 1. The molecule has 0 atom stereocenters. The number of alkyl halides is 3. The lowest BCUT2D eigenvalue weighted by molar-refractivity contribution is -0.153. The van der Waals surface area contributed by atoms with Crippen LogP contribution in [0.4, 0.5) is 13.2 Å². The number of allylic oxidation sites excluding steroid dienone is 3. The lowest BCUT2D eigenvalue weighted by atomic mass is 10.0. The Morgan fingerprint density at radius 3 is 2.52 bits per heavy atom. The fourth-order valence-corrected chi connectivity index (χ4v) is 2.40. The number of hydrogen-bond acceptors (Lipinski definition) is 3. The summed E-state index contributed by atoms with van der Waals surface area (Å²) in [7, 11) is 0. The zero-order valence-corrected chi connectivity index (χ0v) is 10.7. The Bertz CT molecular complexity index is 682. The zero-order valence-electron chi connectivity index (χ0n) is 10.7. The molecule has 1 aliphatic heterocycles.